The third kappa shape index (κ3) is 3.89. The molecule has 0 amide bonds. The zero-order valence-electron chi connectivity index (χ0n) is 10.9. The summed E-state index contributed by atoms with van der Waals surface area (Å²) in [4.78, 5) is 8.74. The Morgan fingerprint density at radius 1 is 1.39 bits per heavy atom. The molecular formula is C12H18N4OS. The van der Waals surface area contributed by atoms with E-state index in [2.05, 4.69) is 34.3 Å². The first-order chi connectivity index (χ1) is 8.63. The van der Waals surface area contributed by atoms with Crippen LogP contribution >= 0.6 is 11.3 Å². The standard InChI is InChI=1S/C12H18N4OS/c1-8(2)13-5-4-12-15-11(16-17-12)6-10-7-18-9(3)14-10/h7-8,13H,4-6H2,1-3H3. The molecule has 0 bridgehead atoms. The van der Waals surface area contributed by atoms with Crippen LogP contribution < -0.4 is 5.32 Å². The first-order valence-electron chi connectivity index (χ1n) is 6.09. The quantitative estimate of drug-likeness (QED) is 0.866. The van der Waals surface area contributed by atoms with E-state index >= 15 is 0 Å². The van der Waals surface area contributed by atoms with Crippen LogP contribution in [-0.4, -0.2) is 27.7 Å². The van der Waals surface area contributed by atoms with Gasteiger partial charge in [-0.1, -0.05) is 19.0 Å². The molecule has 5 nitrogen and oxygen atoms in total. The zero-order valence-corrected chi connectivity index (χ0v) is 11.8. The summed E-state index contributed by atoms with van der Waals surface area (Å²) in [5.74, 6) is 1.39. The molecule has 2 aromatic rings. The fraction of sp³-hybridized carbons (Fsp3) is 0.583. The molecule has 0 aliphatic rings. The highest BCUT2D eigenvalue weighted by atomic mass is 32.1. The maximum Gasteiger partial charge on any atom is 0.227 e. The smallest absolute Gasteiger partial charge is 0.227 e. The van der Waals surface area contributed by atoms with Crippen molar-refractivity contribution in [2.24, 2.45) is 0 Å². The van der Waals surface area contributed by atoms with Gasteiger partial charge in [0.1, 0.15) is 0 Å². The molecule has 0 atom stereocenters. The van der Waals surface area contributed by atoms with Gasteiger partial charge in [-0.05, 0) is 6.92 Å². The molecule has 2 aromatic heterocycles. The van der Waals surface area contributed by atoms with Gasteiger partial charge in [0.15, 0.2) is 5.82 Å². The van der Waals surface area contributed by atoms with E-state index in [-0.39, 0.29) is 0 Å². The summed E-state index contributed by atoms with van der Waals surface area (Å²) in [6, 6.07) is 0.477. The van der Waals surface area contributed by atoms with Crippen LogP contribution in [0.3, 0.4) is 0 Å². The minimum absolute atomic E-state index is 0.477. The number of hydrogen-bond acceptors (Lipinski definition) is 6. The largest absolute Gasteiger partial charge is 0.339 e. The molecular weight excluding hydrogens is 248 g/mol. The van der Waals surface area contributed by atoms with E-state index in [1.54, 1.807) is 11.3 Å². The van der Waals surface area contributed by atoms with Gasteiger partial charge in [-0.25, -0.2) is 4.98 Å². The van der Waals surface area contributed by atoms with Crippen LogP contribution in [0.1, 0.15) is 36.3 Å². The van der Waals surface area contributed by atoms with Gasteiger partial charge in [0.25, 0.3) is 0 Å². The van der Waals surface area contributed by atoms with Crippen molar-refractivity contribution in [2.45, 2.75) is 39.7 Å². The topological polar surface area (TPSA) is 63.8 Å². The molecule has 0 saturated heterocycles. The van der Waals surface area contributed by atoms with Gasteiger partial charge in [-0.15, -0.1) is 11.3 Å². The molecule has 0 unspecified atom stereocenters. The van der Waals surface area contributed by atoms with E-state index in [1.165, 1.54) is 0 Å². The molecule has 2 rings (SSSR count). The molecule has 6 heteroatoms. The summed E-state index contributed by atoms with van der Waals surface area (Å²) in [6.45, 7) is 7.08. The van der Waals surface area contributed by atoms with Crippen molar-refractivity contribution in [2.75, 3.05) is 6.54 Å². The summed E-state index contributed by atoms with van der Waals surface area (Å²) >= 11 is 1.64. The van der Waals surface area contributed by atoms with Crippen molar-refractivity contribution in [1.82, 2.24) is 20.4 Å². The molecule has 0 aromatic carbocycles. The van der Waals surface area contributed by atoms with Crippen molar-refractivity contribution < 1.29 is 4.52 Å². The molecule has 0 radical (unpaired) electrons. The highest BCUT2D eigenvalue weighted by Gasteiger charge is 2.08. The Morgan fingerprint density at radius 2 is 2.22 bits per heavy atom. The second-order valence-corrected chi connectivity index (χ2v) is 5.56. The number of thiazole rings is 1. The Balaban J connectivity index is 1.86. The lowest BCUT2D eigenvalue weighted by atomic mass is 10.3. The predicted octanol–water partition coefficient (Wildman–Crippen LogP) is 1.97. The molecule has 18 heavy (non-hydrogen) atoms. The molecule has 0 fully saturated rings. The van der Waals surface area contributed by atoms with E-state index in [0.717, 1.165) is 23.7 Å². The van der Waals surface area contributed by atoms with E-state index in [9.17, 15) is 0 Å². The number of rotatable bonds is 6. The fourth-order valence-electron chi connectivity index (χ4n) is 1.58. The van der Waals surface area contributed by atoms with Crippen LogP contribution in [-0.2, 0) is 12.8 Å². The lowest BCUT2D eigenvalue weighted by molar-refractivity contribution is 0.369. The summed E-state index contributed by atoms with van der Waals surface area (Å²) in [5, 5.41) is 10.4. The Bertz CT molecular complexity index is 492. The van der Waals surface area contributed by atoms with E-state index in [1.807, 2.05) is 12.3 Å². The second-order valence-electron chi connectivity index (χ2n) is 4.50. The van der Waals surface area contributed by atoms with Crippen molar-refractivity contribution in [3.8, 4) is 0 Å². The average molecular weight is 266 g/mol. The SMILES string of the molecule is Cc1nc(Cc2noc(CCNC(C)C)n2)cs1. The van der Waals surface area contributed by atoms with Crippen LogP contribution in [0.25, 0.3) is 0 Å². The molecule has 0 spiro atoms. The third-order valence-electron chi connectivity index (χ3n) is 2.41. The van der Waals surface area contributed by atoms with Crippen molar-refractivity contribution in [3.63, 3.8) is 0 Å². The molecule has 1 N–H and O–H groups in total. The minimum Gasteiger partial charge on any atom is -0.339 e. The first kappa shape index (κ1) is 13.2. The Labute approximate surface area is 111 Å². The number of aromatic nitrogens is 3. The maximum absolute atomic E-state index is 5.20. The lowest BCUT2D eigenvalue weighted by Gasteiger charge is -2.04. The number of aryl methyl sites for hydroxylation is 1. The van der Waals surface area contributed by atoms with E-state index in [4.69, 9.17) is 4.52 Å². The normalized spacial score (nSPS) is 11.3. The van der Waals surface area contributed by atoms with Gasteiger partial charge in [-0.2, -0.15) is 4.98 Å². The van der Waals surface area contributed by atoms with Crippen molar-refractivity contribution in [3.05, 3.63) is 27.8 Å². The summed E-state index contributed by atoms with van der Waals surface area (Å²) in [5.41, 5.74) is 1.00. The average Bonchev–Trinajstić information content (AvgIpc) is 2.89. The number of nitrogens with zero attached hydrogens (tertiary/aromatic N) is 3. The van der Waals surface area contributed by atoms with Gasteiger partial charge in [0, 0.05) is 24.4 Å². The van der Waals surface area contributed by atoms with Crippen molar-refractivity contribution >= 4 is 11.3 Å². The van der Waals surface area contributed by atoms with Gasteiger partial charge >= 0.3 is 0 Å². The minimum atomic E-state index is 0.477. The predicted molar refractivity (Wildman–Crippen MR) is 70.8 cm³/mol. The Hall–Kier alpha value is -1.27. The summed E-state index contributed by atoms with van der Waals surface area (Å²) < 4.78 is 5.20. The van der Waals surface area contributed by atoms with E-state index < -0.39 is 0 Å². The maximum atomic E-state index is 5.20. The second kappa shape index (κ2) is 6.06. The van der Waals surface area contributed by atoms with Crippen molar-refractivity contribution in [1.29, 1.82) is 0 Å². The summed E-state index contributed by atoms with van der Waals surface area (Å²) in [6.07, 6.45) is 1.41. The monoisotopic (exact) mass is 266 g/mol. The zero-order chi connectivity index (χ0) is 13.0. The van der Waals surface area contributed by atoms with Gasteiger partial charge in [0.05, 0.1) is 17.1 Å². The fourth-order valence-corrected chi connectivity index (χ4v) is 2.20. The van der Waals surface area contributed by atoms with Crippen LogP contribution in [0.5, 0.6) is 0 Å². The third-order valence-corrected chi connectivity index (χ3v) is 3.23. The van der Waals surface area contributed by atoms with Crippen LogP contribution in [0.4, 0.5) is 0 Å². The van der Waals surface area contributed by atoms with Gasteiger partial charge in [0.2, 0.25) is 5.89 Å². The number of nitrogens with one attached hydrogen (secondary N) is 1. The highest BCUT2D eigenvalue weighted by molar-refractivity contribution is 7.09. The van der Waals surface area contributed by atoms with Crippen LogP contribution in [0, 0.1) is 6.92 Å². The Morgan fingerprint density at radius 3 is 2.89 bits per heavy atom. The lowest BCUT2D eigenvalue weighted by Crippen LogP contribution is -2.25. The highest BCUT2D eigenvalue weighted by Crippen LogP contribution is 2.11. The van der Waals surface area contributed by atoms with Crippen LogP contribution in [0.15, 0.2) is 9.90 Å². The molecule has 0 aliphatic carbocycles. The number of hydrogen-bond donors (Lipinski definition) is 1. The molecule has 0 saturated carbocycles. The van der Waals surface area contributed by atoms with Gasteiger partial charge < -0.3 is 9.84 Å². The molecule has 0 aliphatic heterocycles. The van der Waals surface area contributed by atoms with Crippen LogP contribution in [0.2, 0.25) is 0 Å². The van der Waals surface area contributed by atoms with Gasteiger partial charge in [-0.3, -0.25) is 0 Å². The molecule has 2 heterocycles. The summed E-state index contributed by atoms with van der Waals surface area (Å²) in [7, 11) is 0. The van der Waals surface area contributed by atoms with E-state index in [0.29, 0.717) is 24.2 Å². The molecule has 98 valence electrons. The Kier molecular flexibility index (Phi) is 4.43. The first-order valence-corrected chi connectivity index (χ1v) is 6.97.